The van der Waals surface area contributed by atoms with E-state index in [0.717, 1.165) is 53.0 Å². The van der Waals surface area contributed by atoms with Crippen molar-refractivity contribution in [1.29, 1.82) is 0 Å². The van der Waals surface area contributed by atoms with Crippen LogP contribution in [0.15, 0.2) is 60.7 Å². The summed E-state index contributed by atoms with van der Waals surface area (Å²) in [6, 6.07) is 16.6. The molecule has 0 aliphatic carbocycles. The maximum absolute atomic E-state index is 12.8. The lowest BCUT2D eigenvalue weighted by molar-refractivity contribution is -0.160. The molecule has 3 aliphatic rings. The Morgan fingerprint density at radius 2 is 1.81 bits per heavy atom. The zero-order valence-corrected chi connectivity index (χ0v) is 28.5. The van der Waals surface area contributed by atoms with E-state index in [0.29, 0.717) is 42.4 Å². The van der Waals surface area contributed by atoms with Gasteiger partial charge in [0.2, 0.25) is 0 Å². The third-order valence-electron chi connectivity index (χ3n) is 8.98. The number of fused-ring (bicyclic) bond motifs is 7. The Balaban J connectivity index is 1.54. The van der Waals surface area contributed by atoms with Gasteiger partial charge in [0.1, 0.15) is 11.6 Å². The molecule has 2 aromatic heterocycles. The molecule has 2 aromatic carbocycles. The first-order valence-corrected chi connectivity index (χ1v) is 16.5. The number of ether oxygens (including phenoxy) is 3. The molecule has 0 saturated carbocycles. The summed E-state index contributed by atoms with van der Waals surface area (Å²) in [4.78, 5) is 19.9. The topological polar surface area (TPSA) is 98.4 Å². The second-order valence-electron chi connectivity index (χ2n) is 14.1. The van der Waals surface area contributed by atoms with E-state index in [1.807, 2.05) is 45.9 Å². The number of piperidine rings is 1. The Hall–Kier alpha value is -4.21. The van der Waals surface area contributed by atoms with Gasteiger partial charge in [-0.3, -0.25) is 0 Å². The zero-order valence-electron chi connectivity index (χ0n) is 28.5. The van der Waals surface area contributed by atoms with Crippen molar-refractivity contribution in [2.24, 2.45) is 0 Å². The van der Waals surface area contributed by atoms with Crippen molar-refractivity contribution in [3.05, 3.63) is 77.5 Å². The number of hydrogen-bond donors (Lipinski definition) is 1. The molecular weight excluding hydrogens is 592 g/mol. The van der Waals surface area contributed by atoms with Gasteiger partial charge in [-0.25, -0.2) is 9.78 Å². The van der Waals surface area contributed by atoms with Crippen LogP contribution in [0.2, 0.25) is 0 Å². The van der Waals surface area contributed by atoms with Crippen molar-refractivity contribution >= 4 is 17.4 Å². The van der Waals surface area contributed by atoms with Gasteiger partial charge < -0.3 is 24.2 Å². The van der Waals surface area contributed by atoms with Crippen LogP contribution in [0.5, 0.6) is 5.75 Å². The highest BCUT2D eigenvalue weighted by atomic mass is 16.5. The van der Waals surface area contributed by atoms with E-state index < -0.39 is 17.7 Å². The highest BCUT2D eigenvalue weighted by molar-refractivity contribution is 5.80. The fraction of sp³-hybridized carbons (Fsp3) is 0.447. The van der Waals surface area contributed by atoms with Crippen LogP contribution < -0.4 is 9.64 Å². The summed E-state index contributed by atoms with van der Waals surface area (Å²) in [7, 11) is 0. The van der Waals surface area contributed by atoms with E-state index in [4.69, 9.17) is 24.3 Å². The number of benzene rings is 2. The summed E-state index contributed by atoms with van der Waals surface area (Å²) in [6.07, 6.45) is 5.28. The molecule has 5 heterocycles. The number of aromatic nitrogens is 3. The number of hydrogen-bond acceptors (Lipinski definition) is 7. The van der Waals surface area contributed by atoms with Crippen LogP contribution in [0.25, 0.3) is 28.0 Å². The standard InChI is InChI=1S/C38H46N4O5/c1-24-14-15-29-27-12-10-13-28(22-27)30-23-32-39-26(3)33(34(36(43)44)47-37(4,5)6)35(42(32)40-30)41-18-16-38(7,17-19-41)45-20-9-8-11-25(2)46-31(29)21-24/h8-10,12-15,21-23,25,34H,11,16-20H2,1-7H3,(H,43,44)/b9-8-/t25-,34-/m0/s1. The van der Waals surface area contributed by atoms with Crippen LogP contribution in [0, 0.1) is 13.8 Å². The fourth-order valence-corrected chi connectivity index (χ4v) is 6.47. The van der Waals surface area contributed by atoms with Gasteiger partial charge in [0.15, 0.2) is 11.8 Å². The number of carboxylic acid groups (broad SMARTS) is 1. The number of rotatable bonds is 3. The molecule has 7 rings (SSSR count). The van der Waals surface area contributed by atoms with E-state index in [2.05, 4.69) is 68.2 Å². The van der Waals surface area contributed by atoms with Crippen LogP contribution in [0.4, 0.5) is 5.82 Å². The average Bonchev–Trinajstić information content (AvgIpc) is 3.43. The SMILES string of the molecule is Cc1ccc2c(c1)O[C@@H](C)C/C=C\COC1(C)CCN(CC1)c1c([C@H](OC(C)(C)C)C(=O)O)c(C)nc3cc(nn13)-c1cccc-2c1. The monoisotopic (exact) mass is 638 g/mol. The minimum Gasteiger partial charge on any atom is -0.490 e. The summed E-state index contributed by atoms with van der Waals surface area (Å²) in [6.45, 7) is 15.6. The Bertz CT molecular complexity index is 1810. The van der Waals surface area contributed by atoms with E-state index in [-0.39, 0.29) is 11.7 Å². The Labute approximate surface area is 277 Å². The Morgan fingerprint density at radius 3 is 2.53 bits per heavy atom. The number of anilines is 1. The first-order valence-electron chi connectivity index (χ1n) is 16.5. The number of aliphatic carboxylic acids is 1. The smallest absolute Gasteiger partial charge is 0.337 e. The lowest BCUT2D eigenvalue weighted by atomic mass is 9.92. The fourth-order valence-electron chi connectivity index (χ4n) is 6.47. The summed E-state index contributed by atoms with van der Waals surface area (Å²) >= 11 is 0. The van der Waals surface area contributed by atoms with Crippen LogP contribution in [0.1, 0.15) is 76.8 Å². The van der Waals surface area contributed by atoms with Crippen molar-refractivity contribution in [2.75, 3.05) is 24.6 Å². The van der Waals surface area contributed by atoms with Gasteiger partial charge in [0.25, 0.3) is 0 Å². The average molecular weight is 639 g/mol. The minimum atomic E-state index is -1.22. The molecule has 1 saturated heterocycles. The molecule has 4 aromatic rings. The molecule has 0 radical (unpaired) electrons. The molecule has 1 N–H and O–H groups in total. The Morgan fingerprint density at radius 1 is 1.06 bits per heavy atom. The minimum absolute atomic E-state index is 0.0170. The van der Waals surface area contributed by atoms with Crippen LogP contribution in [-0.4, -0.2) is 62.7 Å². The number of aryl methyl sites for hydroxylation is 2. The van der Waals surface area contributed by atoms with Crippen molar-refractivity contribution in [3.63, 3.8) is 0 Å². The second kappa shape index (κ2) is 12.8. The number of carboxylic acids is 1. The summed E-state index contributed by atoms with van der Waals surface area (Å²) in [5.74, 6) is 0.476. The third kappa shape index (κ3) is 7.06. The van der Waals surface area contributed by atoms with Crippen LogP contribution in [-0.2, 0) is 14.3 Å². The molecule has 1 fully saturated rings. The molecule has 2 atom stereocenters. The Kier molecular flexibility index (Phi) is 8.89. The van der Waals surface area contributed by atoms with Crippen molar-refractivity contribution < 1.29 is 24.1 Å². The van der Waals surface area contributed by atoms with Gasteiger partial charge in [-0.2, -0.15) is 9.61 Å². The molecule has 9 nitrogen and oxygen atoms in total. The molecular formula is C38H46N4O5. The first kappa shape index (κ1) is 32.7. The first-order chi connectivity index (χ1) is 22.3. The molecule has 47 heavy (non-hydrogen) atoms. The molecule has 0 amide bonds. The predicted octanol–water partition coefficient (Wildman–Crippen LogP) is 7.72. The van der Waals surface area contributed by atoms with Crippen LogP contribution >= 0.6 is 0 Å². The maximum Gasteiger partial charge on any atom is 0.337 e. The summed E-state index contributed by atoms with van der Waals surface area (Å²) in [5, 5.41) is 15.6. The van der Waals surface area contributed by atoms with Gasteiger partial charge in [-0.05, 0) is 84.6 Å². The summed E-state index contributed by atoms with van der Waals surface area (Å²) in [5.41, 5.74) is 5.59. The number of nitrogens with zero attached hydrogens (tertiary/aromatic N) is 4. The molecule has 6 bridgehead atoms. The molecule has 248 valence electrons. The number of carbonyl (C=O) groups is 1. The molecule has 3 aliphatic heterocycles. The largest absolute Gasteiger partial charge is 0.490 e. The van der Waals surface area contributed by atoms with Gasteiger partial charge in [-0.1, -0.05) is 42.5 Å². The lowest BCUT2D eigenvalue weighted by Crippen LogP contribution is -2.45. The maximum atomic E-state index is 12.8. The van der Waals surface area contributed by atoms with E-state index >= 15 is 0 Å². The quantitative estimate of drug-likeness (QED) is 0.228. The van der Waals surface area contributed by atoms with E-state index in [1.165, 1.54) is 0 Å². The highest BCUT2D eigenvalue weighted by Crippen LogP contribution is 2.39. The van der Waals surface area contributed by atoms with Crippen molar-refractivity contribution in [2.45, 2.75) is 91.1 Å². The normalized spacial score (nSPS) is 21.7. The van der Waals surface area contributed by atoms with Crippen molar-refractivity contribution in [1.82, 2.24) is 14.6 Å². The van der Waals surface area contributed by atoms with Gasteiger partial charge >= 0.3 is 5.97 Å². The molecule has 9 heteroatoms. The second-order valence-corrected chi connectivity index (χ2v) is 14.1. The van der Waals surface area contributed by atoms with Crippen LogP contribution in [0.3, 0.4) is 0 Å². The zero-order chi connectivity index (χ0) is 33.5. The molecule has 0 unspecified atom stereocenters. The third-order valence-corrected chi connectivity index (χ3v) is 8.98. The van der Waals surface area contributed by atoms with Gasteiger partial charge in [0.05, 0.1) is 35.2 Å². The van der Waals surface area contributed by atoms with Crippen molar-refractivity contribution in [3.8, 4) is 28.1 Å². The predicted molar refractivity (Wildman–Crippen MR) is 184 cm³/mol. The van der Waals surface area contributed by atoms with Gasteiger partial charge in [0, 0.05) is 42.4 Å². The van der Waals surface area contributed by atoms with E-state index in [1.54, 1.807) is 4.52 Å². The highest BCUT2D eigenvalue weighted by Gasteiger charge is 2.37. The van der Waals surface area contributed by atoms with Gasteiger partial charge in [-0.15, -0.1) is 0 Å². The van der Waals surface area contributed by atoms with E-state index in [9.17, 15) is 9.90 Å². The summed E-state index contributed by atoms with van der Waals surface area (Å²) < 4.78 is 20.9. The molecule has 0 spiro atoms. The lowest BCUT2D eigenvalue weighted by Gasteiger charge is -2.41.